The Morgan fingerprint density at radius 1 is 0.529 bits per heavy atom. The van der Waals surface area contributed by atoms with Crippen molar-refractivity contribution < 1.29 is 9.47 Å². The van der Waals surface area contributed by atoms with Crippen molar-refractivity contribution in [2.24, 2.45) is 0 Å². The molecule has 2 nitrogen and oxygen atoms in total. The van der Waals surface area contributed by atoms with Crippen LogP contribution >= 0.6 is 0 Å². The van der Waals surface area contributed by atoms with Crippen molar-refractivity contribution in [3.8, 4) is 22.6 Å². The predicted octanol–water partition coefficient (Wildman–Crippen LogP) is 9.13. The number of benzene rings is 4. The van der Waals surface area contributed by atoms with Gasteiger partial charge in [0.25, 0.3) is 0 Å². The Bertz CT molecular complexity index is 1160. The first kappa shape index (κ1) is 23.6. The Kier molecular flexibility index (Phi) is 8.40. The van der Waals surface area contributed by atoms with E-state index in [1.165, 1.54) is 21.5 Å². The molecule has 174 valence electrons. The van der Waals surface area contributed by atoms with E-state index in [0.29, 0.717) is 13.2 Å². The zero-order valence-electron chi connectivity index (χ0n) is 20.0. The number of ether oxygens (including phenoxy) is 2. The van der Waals surface area contributed by atoms with Gasteiger partial charge in [-0.25, -0.2) is 0 Å². The maximum atomic E-state index is 6.41. The second-order valence-corrected chi connectivity index (χ2v) is 8.59. The van der Waals surface area contributed by atoms with Gasteiger partial charge in [-0.05, 0) is 72.2 Å². The van der Waals surface area contributed by atoms with Crippen LogP contribution in [0.4, 0.5) is 0 Å². The molecule has 4 rings (SSSR count). The fourth-order valence-electron chi connectivity index (χ4n) is 4.41. The minimum atomic E-state index is 0.682. The van der Waals surface area contributed by atoms with Gasteiger partial charge in [0.05, 0.1) is 13.2 Å². The topological polar surface area (TPSA) is 18.5 Å². The highest BCUT2D eigenvalue weighted by Gasteiger charge is 2.19. The minimum Gasteiger partial charge on any atom is -0.493 e. The second kappa shape index (κ2) is 12.1. The maximum absolute atomic E-state index is 6.41. The van der Waals surface area contributed by atoms with Crippen molar-refractivity contribution in [1.82, 2.24) is 0 Å². The smallest absolute Gasteiger partial charge is 0.127 e. The van der Waals surface area contributed by atoms with E-state index in [1.54, 1.807) is 0 Å². The Balaban J connectivity index is 1.81. The van der Waals surface area contributed by atoms with Gasteiger partial charge in [-0.15, -0.1) is 13.2 Å². The largest absolute Gasteiger partial charge is 0.493 e. The molecule has 0 N–H and O–H groups in total. The second-order valence-electron chi connectivity index (χ2n) is 8.59. The van der Waals surface area contributed by atoms with Crippen molar-refractivity contribution in [2.45, 2.75) is 38.5 Å². The molecule has 0 aliphatic heterocycles. The maximum Gasteiger partial charge on any atom is 0.127 e. The van der Waals surface area contributed by atoms with Crippen LogP contribution in [0.1, 0.15) is 38.5 Å². The molecular formula is C32H34O2. The summed E-state index contributed by atoms with van der Waals surface area (Å²) in [4.78, 5) is 0. The Hall–Kier alpha value is -3.52. The molecule has 0 bridgehead atoms. The molecule has 34 heavy (non-hydrogen) atoms. The summed E-state index contributed by atoms with van der Waals surface area (Å²) >= 11 is 0. The number of rotatable bonds is 13. The average molecular weight is 451 g/mol. The molecule has 0 unspecified atom stereocenters. The van der Waals surface area contributed by atoms with Crippen molar-refractivity contribution in [2.75, 3.05) is 13.2 Å². The monoisotopic (exact) mass is 450 g/mol. The van der Waals surface area contributed by atoms with Crippen molar-refractivity contribution in [3.63, 3.8) is 0 Å². The van der Waals surface area contributed by atoms with E-state index in [9.17, 15) is 0 Å². The summed E-state index contributed by atoms with van der Waals surface area (Å²) in [7, 11) is 0. The van der Waals surface area contributed by atoms with Crippen LogP contribution in [-0.2, 0) is 0 Å². The van der Waals surface area contributed by atoms with Crippen LogP contribution in [0.2, 0.25) is 0 Å². The molecular weight excluding hydrogens is 416 g/mol. The lowest BCUT2D eigenvalue weighted by molar-refractivity contribution is 0.305. The fraction of sp³-hybridized carbons (Fsp3) is 0.250. The minimum absolute atomic E-state index is 0.682. The summed E-state index contributed by atoms with van der Waals surface area (Å²) in [5, 5.41) is 4.75. The predicted molar refractivity (Wildman–Crippen MR) is 146 cm³/mol. The number of fused-ring (bicyclic) bond motifs is 2. The lowest BCUT2D eigenvalue weighted by Crippen LogP contribution is -2.02. The van der Waals surface area contributed by atoms with Gasteiger partial charge in [0, 0.05) is 11.1 Å². The third-order valence-electron chi connectivity index (χ3n) is 6.15. The van der Waals surface area contributed by atoms with Crippen LogP contribution in [0.3, 0.4) is 0 Å². The molecule has 0 fully saturated rings. The zero-order valence-corrected chi connectivity index (χ0v) is 20.0. The van der Waals surface area contributed by atoms with Gasteiger partial charge in [-0.2, -0.15) is 0 Å². The van der Waals surface area contributed by atoms with Crippen LogP contribution in [0.25, 0.3) is 32.7 Å². The van der Waals surface area contributed by atoms with Crippen LogP contribution < -0.4 is 9.47 Å². The molecule has 0 heterocycles. The van der Waals surface area contributed by atoms with E-state index < -0.39 is 0 Å². The first-order chi connectivity index (χ1) is 16.8. The summed E-state index contributed by atoms with van der Waals surface area (Å²) in [6.07, 6.45) is 10.1. The van der Waals surface area contributed by atoms with Gasteiger partial charge >= 0.3 is 0 Å². The van der Waals surface area contributed by atoms with Gasteiger partial charge in [-0.3, -0.25) is 0 Å². The van der Waals surface area contributed by atoms with E-state index in [4.69, 9.17) is 9.47 Å². The molecule has 0 atom stereocenters. The first-order valence-electron chi connectivity index (χ1n) is 12.3. The van der Waals surface area contributed by atoms with E-state index >= 15 is 0 Å². The van der Waals surface area contributed by atoms with Gasteiger partial charge in [0.1, 0.15) is 11.5 Å². The number of unbranched alkanes of at least 4 members (excludes halogenated alkanes) is 4. The highest BCUT2D eigenvalue weighted by Crippen LogP contribution is 2.45. The highest BCUT2D eigenvalue weighted by molar-refractivity contribution is 6.09. The van der Waals surface area contributed by atoms with Gasteiger partial charge < -0.3 is 9.47 Å². The molecule has 2 heteroatoms. The summed E-state index contributed by atoms with van der Waals surface area (Å²) in [5.74, 6) is 1.82. The zero-order chi connectivity index (χ0) is 23.6. The van der Waals surface area contributed by atoms with E-state index in [0.717, 1.165) is 61.2 Å². The van der Waals surface area contributed by atoms with Gasteiger partial charge in [0.15, 0.2) is 0 Å². The Morgan fingerprint density at radius 2 is 0.971 bits per heavy atom. The molecule has 0 amide bonds. The number of allylic oxidation sites excluding steroid dienone is 2. The highest BCUT2D eigenvalue weighted by atomic mass is 16.5. The van der Waals surface area contributed by atoms with Crippen molar-refractivity contribution in [1.29, 1.82) is 0 Å². The van der Waals surface area contributed by atoms with Crippen LogP contribution in [-0.4, -0.2) is 13.2 Å². The summed E-state index contributed by atoms with van der Waals surface area (Å²) in [6.45, 7) is 9.01. The van der Waals surface area contributed by atoms with Gasteiger partial charge in [-0.1, -0.05) is 72.8 Å². The molecule has 0 aliphatic carbocycles. The van der Waals surface area contributed by atoms with Gasteiger partial charge in [0.2, 0.25) is 0 Å². The fourth-order valence-corrected chi connectivity index (χ4v) is 4.41. The summed E-state index contributed by atoms with van der Waals surface area (Å²) in [6, 6.07) is 25.6. The lowest BCUT2D eigenvalue weighted by atomic mass is 9.92. The molecule has 0 aromatic heterocycles. The number of hydrogen-bond donors (Lipinski definition) is 0. The third kappa shape index (κ3) is 5.51. The molecule has 4 aromatic rings. The van der Waals surface area contributed by atoms with Crippen LogP contribution in [0.15, 0.2) is 98.1 Å². The Labute approximate surface area is 203 Å². The quantitative estimate of drug-likeness (QED) is 0.149. The first-order valence-corrected chi connectivity index (χ1v) is 12.3. The molecule has 0 saturated heterocycles. The van der Waals surface area contributed by atoms with E-state index in [1.807, 2.05) is 12.2 Å². The van der Waals surface area contributed by atoms with E-state index in [2.05, 4.69) is 86.0 Å². The molecule has 0 radical (unpaired) electrons. The summed E-state index contributed by atoms with van der Waals surface area (Å²) in [5.41, 5.74) is 2.22. The van der Waals surface area contributed by atoms with Crippen LogP contribution in [0, 0.1) is 0 Å². The van der Waals surface area contributed by atoms with Crippen molar-refractivity contribution in [3.05, 3.63) is 98.1 Å². The van der Waals surface area contributed by atoms with E-state index in [-0.39, 0.29) is 0 Å². The molecule has 0 saturated carbocycles. The Morgan fingerprint density at radius 3 is 1.41 bits per heavy atom. The molecule has 4 aromatic carbocycles. The number of hydrogen-bond acceptors (Lipinski definition) is 2. The SMILES string of the molecule is C=CCCCCOc1ccc2ccccc2c1-c1c(OCCCCC=C)ccc2ccccc12. The summed E-state index contributed by atoms with van der Waals surface area (Å²) < 4.78 is 12.8. The average Bonchev–Trinajstić information content (AvgIpc) is 2.88. The normalized spacial score (nSPS) is 10.9. The van der Waals surface area contributed by atoms with Crippen molar-refractivity contribution >= 4 is 21.5 Å². The molecule has 0 spiro atoms. The lowest BCUT2D eigenvalue weighted by Gasteiger charge is -2.20. The third-order valence-corrected chi connectivity index (χ3v) is 6.15. The standard InChI is InChI=1S/C32H34O2/c1-3-5-7-13-23-33-29-21-19-25-15-9-11-17-27(25)31(29)32-28-18-12-10-16-26(28)20-22-30(32)34-24-14-8-6-4-2/h3-4,9-12,15-22H,1-2,5-8,13-14,23-24H2. The molecule has 0 aliphatic rings. The van der Waals surface area contributed by atoms with Crippen LogP contribution in [0.5, 0.6) is 11.5 Å².